The highest BCUT2D eigenvalue weighted by atomic mass is 35.5. The summed E-state index contributed by atoms with van der Waals surface area (Å²) in [6.07, 6.45) is 7.69. The Morgan fingerprint density at radius 1 is 1.15 bits per heavy atom. The van der Waals surface area contributed by atoms with Crippen LogP contribution in [0.4, 0.5) is 0 Å². The number of benzene rings is 1. The van der Waals surface area contributed by atoms with Crippen LogP contribution in [0.5, 0.6) is 0 Å². The highest BCUT2D eigenvalue weighted by molar-refractivity contribution is 6.30. The molecule has 3 rings (SSSR count). The number of nitrogens with two attached hydrogens (primary N) is 1. The summed E-state index contributed by atoms with van der Waals surface area (Å²) in [5.74, 6) is 5.97. The molecule has 1 unspecified atom stereocenters. The molecule has 1 saturated carbocycles. The van der Waals surface area contributed by atoms with E-state index in [1.54, 1.807) is 0 Å². The van der Waals surface area contributed by atoms with Gasteiger partial charge in [0.2, 0.25) is 0 Å². The second-order valence-electron chi connectivity index (χ2n) is 6.16. The van der Waals surface area contributed by atoms with Crippen molar-refractivity contribution in [1.82, 2.24) is 10.3 Å². The van der Waals surface area contributed by atoms with Crippen molar-refractivity contribution >= 4 is 11.6 Å². The third kappa shape index (κ3) is 2.48. The Hall–Kier alpha value is -0.610. The van der Waals surface area contributed by atoms with E-state index < -0.39 is 0 Å². The van der Waals surface area contributed by atoms with Crippen LogP contribution in [0.3, 0.4) is 0 Å². The average Bonchev–Trinajstić information content (AvgIpc) is 3.11. The first kappa shape index (κ1) is 14.3. The second kappa shape index (κ2) is 6.02. The topological polar surface area (TPSA) is 41.3 Å². The maximum Gasteiger partial charge on any atom is 0.0644 e. The number of nitrogens with zero attached hydrogens (tertiary/aromatic N) is 1. The van der Waals surface area contributed by atoms with E-state index in [1.165, 1.54) is 57.2 Å². The van der Waals surface area contributed by atoms with Crippen LogP contribution in [0.1, 0.15) is 50.1 Å². The Morgan fingerprint density at radius 3 is 2.45 bits per heavy atom. The number of likely N-dealkylation sites (tertiary alicyclic amines) is 1. The fourth-order valence-electron chi connectivity index (χ4n) is 4.18. The number of rotatable bonds is 4. The minimum Gasteiger partial charge on any atom is -0.296 e. The summed E-state index contributed by atoms with van der Waals surface area (Å²) >= 11 is 6.18. The van der Waals surface area contributed by atoms with Gasteiger partial charge in [0.15, 0.2) is 0 Å². The second-order valence-corrected chi connectivity index (χ2v) is 6.60. The molecule has 1 heterocycles. The van der Waals surface area contributed by atoms with E-state index in [-0.39, 0.29) is 11.6 Å². The molecule has 1 atom stereocenters. The first-order chi connectivity index (χ1) is 9.76. The lowest BCUT2D eigenvalue weighted by molar-refractivity contribution is 0.0764. The smallest absolute Gasteiger partial charge is 0.0644 e. The van der Waals surface area contributed by atoms with Gasteiger partial charge in [-0.25, -0.2) is 0 Å². The summed E-state index contributed by atoms with van der Waals surface area (Å²) in [5.41, 5.74) is 4.50. The van der Waals surface area contributed by atoms with E-state index in [9.17, 15) is 0 Å². The van der Waals surface area contributed by atoms with Crippen LogP contribution < -0.4 is 11.3 Å². The Labute approximate surface area is 126 Å². The van der Waals surface area contributed by atoms with Crippen LogP contribution in [0.15, 0.2) is 24.3 Å². The summed E-state index contributed by atoms with van der Waals surface area (Å²) in [5, 5.41) is 0.789. The molecule has 3 nitrogen and oxygen atoms in total. The molecular formula is C16H24ClN3. The number of hydrazine groups is 1. The molecule has 2 fully saturated rings. The van der Waals surface area contributed by atoms with Crippen molar-refractivity contribution in [2.75, 3.05) is 13.1 Å². The third-order valence-electron chi connectivity index (χ3n) is 5.09. The van der Waals surface area contributed by atoms with E-state index in [0.29, 0.717) is 0 Å². The predicted molar refractivity (Wildman–Crippen MR) is 83.5 cm³/mol. The van der Waals surface area contributed by atoms with Crippen LogP contribution in [0.2, 0.25) is 5.02 Å². The molecule has 0 bridgehead atoms. The highest BCUT2D eigenvalue weighted by Crippen LogP contribution is 2.45. The molecule has 0 amide bonds. The van der Waals surface area contributed by atoms with Gasteiger partial charge in [-0.3, -0.25) is 16.2 Å². The lowest BCUT2D eigenvalue weighted by Crippen LogP contribution is -2.55. The SMILES string of the molecule is NNC(c1cccc(Cl)c1)C1(N2CCCC2)CCCC1. The maximum atomic E-state index is 6.18. The lowest BCUT2D eigenvalue weighted by atomic mass is 9.82. The molecule has 1 saturated heterocycles. The van der Waals surface area contributed by atoms with Gasteiger partial charge in [-0.05, 0) is 56.5 Å². The quantitative estimate of drug-likeness (QED) is 0.661. The molecule has 0 spiro atoms. The van der Waals surface area contributed by atoms with E-state index >= 15 is 0 Å². The molecule has 110 valence electrons. The van der Waals surface area contributed by atoms with Crippen molar-refractivity contribution in [3.8, 4) is 0 Å². The minimum atomic E-state index is 0.168. The van der Waals surface area contributed by atoms with Gasteiger partial charge in [0.1, 0.15) is 0 Å². The van der Waals surface area contributed by atoms with E-state index in [1.807, 2.05) is 12.1 Å². The fourth-order valence-corrected chi connectivity index (χ4v) is 4.38. The first-order valence-electron chi connectivity index (χ1n) is 7.73. The molecule has 1 aromatic rings. The van der Waals surface area contributed by atoms with Crippen molar-refractivity contribution < 1.29 is 0 Å². The van der Waals surface area contributed by atoms with Gasteiger partial charge in [0, 0.05) is 10.6 Å². The fraction of sp³-hybridized carbons (Fsp3) is 0.625. The van der Waals surface area contributed by atoms with Crippen LogP contribution >= 0.6 is 11.6 Å². The van der Waals surface area contributed by atoms with Crippen LogP contribution in [-0.2, 0) is 0 Å². The molecule has 1 aromatic carbocycles. The van der Waals surface area contributed by atoms with Crippen molar-refractivity contribution in [3.63, 3.8) is 0 Å². The number of hydrogen-bond donors (Lipinski definition) is 2. The largest absolute Gasteiger partial charge is 0.296 e. The Kier molecular flexibility index (Phi) is 4.32. The zero-order valence-corrected chi connectivity index (χ0v) is 12.7. The molecule has 2 aliphatic rings. The van der Waals surface area contributed by atoms with Gasteiger partial charge in [-0.2, -0.15) is 0 Å². The third-order valence-corrected chi connectivity index (χ3v) is 5.33. The van der Waals surface area contributed by atoms with E-state index in [2.05, 4.69) is 22.5 Å². The van der Waals surface area contributed by atoms with E-state index in [0.717, 1.165) is 5.02 Å². The standard InChI is InChI=1S/C16H24ClN3/c17-14-7-5-6-13(12-14)15(19-18)16(8-1-2-9-16)20-10-3-4-11-20/h5-7,12,15,19H,1-4,8-11,18H2. The van der Waals surface area contributed by atoms with Crippen molar-refractivity contribution in [1.29, 1.82) is 0 Å². The summed E-state index contributed by atoms with van der Waals surface area (Å²) < 4.78 is 0. The summed E-state index contributed by atoms with van der Waals surface area (Å²) in [6.45, 7) is 2.41. The van der Waals surface area contributed by atoms with Crippen molar-refractivity contribution in [3.05, 3.63) is 34.9 Å². The number of nitrogens with one attached hydrogen (secondary N) is 1. The Balaban J connectivity index is 1.95. The normalized spacial score (nSPS) is 24.1. The Bertz CT molecular complexity index is 451. The molecule has 0 aromatic heterocycles. The summed E-state index contributed by atoms with van der Waals surface area (Å²) in [6, 6.07) is 8.32. The first-order valence-corrected chi connectivity index (χ1v) is 8.11. The van der Waals surface area contributed by atoms with Crippen molar-refractivity contribution in [2.45, 2.75) is 50.1 Å². The monoisotopic (exact) mass is 293 g/mol. The number of hydrogen-bond acceptors (Lipinski definition) is 3. The lowest BCUT2D eigenvalue weighted by Gasteiger charge is -2.45. The van der Waals surface area contributed by atoms with Crippen LogP contribution in [-0.4, -0.2) is 23.5 Å². The van der Waals surface area contributed by atoms with Gasteiger partial charge >= 0.3 is 0 Å². The molecule has 4 heteroatoms. The minimum absolute atomic E-state index is 0.168. The van der Waals surface area contributed by atoms with Gasteiger partial charge in [0.25, 0.3) is 0 Å². The zero-order chi connectivity index (χ0) is 14.0. The van der Waals surface area contributed by atoms with Gasteiger partial charge in [-0.1, -0.05) is 36.6 Å². The van der Waals surface area contributed by atoms with Gasteiger partial charge in [0.05, 0.1) is 6.04 Å². The summed E-state index contributed by atoms with van der Waals surface area (Å²) in [4.78, 5) is 2.67. The molecular weight excluding hydrogens is 270 g/mol. The number of halogens is 1. The molecule has 3 N–H and O–H groups in total. The summed E-state index contributed by atoms with van der Waals surface area (Å²) in [7, 11) is 0. The van der Waals surface area contributed by atoms with E-state index in [4.69, 9.17) is 17.4 Å². The molecule has 20 heavy (non-hydrogen) atoms. The molecule has 1 aliphatic heterocycles. The van der Waals surface area contributed by atoms with Crippen LogP contribution in [0, 0.1) is 0 Å². The van der Waals surface area contributed by atoms with Gasteiger partial charge in [-0.15, -0.1) is 0 Å². The van der Waals surface area contributed by atoms with Gasteiger partial charge < -0.3 is 0 Å². The molecule has 1 aliphatic carbocycles. The maximum absolute atomic E-state index is 6.18. The highest BCUT2D eigenvalue weighted by Gasteiger charge is 2.46. The predicted octanol–water partition coefficient (Wildman–Crippen LogP) is 3.25. The van der Waals surface area contributed by atoms with Crippen LogP contribution in [0.25, 0.3) is 0 Å². The average molecular weight is 294 g/mol. The van der Waals surface area contributed by atoms with Crippen molar-refractivity contribution in [2.24, 2.45) is 5.84 Å². The Morgan fingerprint density at radius 2 is 1.85 bits per heavy atom. The molecule has 0 radical (unpaired) electrons. The zero-order valence-electron chi connectivity index (χ0n) is 11.9.